The molecule has 0 aliphatic carbocycles. The van der Waals surface area contributed by atoms with E-state index >= 15 is 0 Å². The molecule has 0 spiro atoms. The van der Waals surface area contributed by atoms with Gasteiger partial charge in [0.1, 0.15) is 22.6 Å². The number of furan rings is 1. The largest absolute Gasteiger partial charge is 0.457 e. The maximum Gasteiger partial charge on any atom is 0.137 e. The Bertz CT molecular complexity index is 1230. The molecule has 29 heavy (non-hydrogen) atoms. The zero-order valence-corrected chi connectivity index (χ0v) is 19.2. The van der Waals surface area contributed by atoms with E-state index in [9.17, 15) is 5.26 Å². The highest BCUT2D eigenvalue weighted by atomic mass is 127. The third kappa shape index (κ3) is 4.41. The van der Waals surface area contributed by atoms with Crippen molar-refractivity contribution < 1.29 is 4.42 Å². The van der Waals surface area contributed by atoms with E-state index in [2.05, 4.69) is 33.6 Å². The van der Waals surface area contributed by atoms with E-state index in [4.69, 9.17) is 27.6 Å². The number of halogens is 3. The lowest BCUT2D eigenvalue weighted by atomic mass is 10.2. The second-order valence-electron chi connectivity index (χ2n) is 6.01. The Morgan fingerprint density at radius 1 is 1.07 bits per heavy atom. The Labute approximate surface area is 195 Å². The molecule has 0 aliphatic rings. The Hall–Kier alpha value is -2.11. The van der Waals surface area contributed by atoms with Crippen molar-refractivity contribution in [1.29, 1.82) is 5.26 Å². The Morgan fingerprint density at radius 3 is 2.48 bits per heavy atom. The van der Waals surface area contributed by atoms with Crippen LogP contribution in [-0.2, 0) is 0 Å². The van der Waals surface area contributed by atoms with E-state index < -0.39 is 0 Å². The monoisotopic (exact) mass is 548 g/mol. The summed E-state index contributed by atoms with van der Waals surface area (Å²) in [7, 11) is 0. The smallest absolute Gasteiger partial charge is 0.137 e. The van der Waals surface area contributed by atoms with Gasteiger partial charge in [0.05, 0.1) is 26.9 Å². The van der Waals surface area contributed by atoms with Crippen LogP contribution in [0.15, 0.2) is 64.4 Å². The molecule has 7 heteroatoms. The molecule has 2 aromatic heterocycles. The van der Waals surface area contributed by atoms with Gasteiger partial charge in [-0.3, -0.25) is 0 Å². The number of nitrogens with zero attached hydrogens (tertiary/aromatic N) is 2. The lowest BCUT2D eigenvalue weighted by Gasteiger charge is -2.02. The molecule has 0 saturated carbocycles. The van der Waals surface area contributed by atoms with Crippen LogP contribution in [0.1, 0.15) is 10.8 Å². The summed E-state index contributed by atoms with van der Waals surface area (Å²) in [6, 6.07) is 19.1. The van der Waals surface area contributed by atoms with E-state index in [0.717, 1.165) is 14.8 Å². The summed E-state index contributed by atoms with van der Waals surface area (Å²) >= 11 is 16.2. The molecule has 4 rings (SSSR count). The van der Waals surface area contributed by atoms with Crippen molar-refractivity contribution in [3.63, 3.8) is 0 Å². The van der Waals surface area contributed by atoms with Crippen molar-refractivity contribution in [3.05, 3.63) is 84.4 Å². The van der Waals surface area contributed by atoms with Gasteiger partial charge in [-0.25, -0.2) is 4.98 Å². The topological polar surface area (TPSA) is 49.8 Å². The van der Waals surface area contributed by atoms with Gasteiger partial charge in [0.2, 0.25) is 0 Å². The van der Waals surface area contributed by atoms with Crippen LogP contribution in [0, 0.1) is 14.9 Å². The van der Waals surface area contributed by atoms with Crippen molar-refractivity contribution >= 4 is 68.8 Å². The standard InChI is InChI=1S/C22H11Cl2IN2OS/c23-17-2-1-3-18(24)21(17)20-9-8-16(28-20)10-14(11-26)22-27-19(12-29-22)13-4-6-15(25)7-5-13/h1-10,12H/b14-10+. The third-order valence-electron chi connectivity index (χ3n) is 4.12. The van der Waals surface area contributed by atoms with Crippen molar-refractivity contribution in [3.8, 4) is 28.7 Å². The fourth-order valence-electron chi connectivity index (χ4n) is 2.73. The molecule has 0 unspecified atom stereocenters. The molecule has 0 amide bonds. The minimum Gasteiger partial charge on any atom is -0.457 e. The fourth-order valence-corrected chi connectivity index (χ4v) is 4.47. The SMILES string of the molecule is N#C/C(=C\c1ccc(-c2c(Cl)cccc2Cl)o1)c1nc(-c2ccc(I)cc2)cs1. The van der Waals surface area contributed by atoms with Crippen molar-refractivity contribution in [2.45, 2.75) is 0 Å². The molecule has 3 nitrogen and oxygen atoms in total. The normalized spacial score (nSPS) is 11.4. The Balaban J connectivity index is 1.65. The van der Waals surface area contributed by atoms with Crippen LogP contribution in [0.2, 0.25) is 10.0 Å². The molecule has 2 aromatic carbocycles. The average Bonchev–Trinajstić information content (AvgIpc) is 3.37. The summed E-state index contributed by atoms with van der Waals surface area (Å²) in [4.78, 5) is 4.61. The first kappa shape index (κ1) is 20.2. The number of rotatable bonds is 4. The lowest BCUT2D eigenvalue weighted by Crippen LogP contribution is -1.83. The van der Waals surface area contributed by atoms with Crippen molar-refractivity contribution in [2.24, 2.45) is 0 Å². The highest BCUT2D eigenvalue weighted by molar-refractivity contribution is 14.1. The van der Waals surface area contributed by atoms with E-state index in [1.165, 1.54) is 11.3 Å². The minimum absolute atomic E-state index is 0.429. The van der Waals surface area contributed by atoms with Gasteiger partial charge in [0.15, 0.2) is 0 Å². The van der Waals surface area contributed by atoms with Crippen LogP contribution < -0.4 is 0 Å². The Kier molecular flexibility index (Phi) is 6.07. The summed E-state index contributed by atoms with van der Waals surface area (Å²) in [5.74, 6) is 1.07. The number of hydrogen-bond donors (Lipinski definition) is 0. The minimum atomic E-state index is 0.429. The summed E-state index contributed by atoms with van der Waals surface area (Å²) < 4.78 is 7.03. The second kappa shape index (κ2) is 8.72. The zero-order chi connectivity index (χ0) is 20.4. The molecule has 0 atom stereocenters. The first-order chi connectivity index (χ1) is 14.0. The molecular formula is C22H11Cl2IN2OS. The van der Waals surface area contributed by atoms with Gasteiger partial charge in [0, 0.05) is 20.6 Å². The summed E-state index contributed by atoms with van der Waals surface area (Å²) in [6.07, 6.45) is 1.67. The van der Waals surface area contributed by atoms with E-state index in [0.29, 0.717) is 37.7 Å². The zero-order valence-electron chi connectivity index (χ0n) is 14.7. The molecule has 0 aliphatic heterocycles. The van der Waals surface area contributed by atoms with Gasteiger partial charge >= 0.3 is 0 Å². The molecule has 0 bridgehead atoms. The van der Waals surface area contributed by atoms with Gasteiger partial charge in [-0.15, -0.1) is 11.3 Å². The average molecular weight is 549 g/mol. The van der Waals surface area contributed by atoms with E-state index in [1.807, 2.05) is 29.6 Å². The molecule has 0 fully saturated rings. The van der Waals surface area contributed by atoms with Gasteiger partial charge in [-0.2, -0.15) is 5.26 Å². The van der Waals surface area contributed by atoms with Gasteiger partial charge in [-0.1, -0.05) is 41.4 Å². The summed E-state index contributed by atoms with van der Waals surface area (Å²) in [5, 5.41) is 13.2. The van der Waals surface area contributed by atoms with Gasteiger partial charge < -0.3 is 4.42 Å². The third-order valence-corrected chi connectivity index (χ3v) is 6.34. The highest BCUT2D eigenvalue weighted by Crippen LogP contribution is 2.36. The van der Waals surface area contributed by atoms with E-state index in [-0.39, 0.29) is 0 Å². The van der Waals surface area contributed by atoms with Crippen molar-refractivity contribution in [1.82, 2.24) is 4.98 Å². The second-order valence-corrected chi connectivity index (χ2v) is 8.93. The number of allylic oxidation sites excluding steroid dienone is 1. The Morgan fingerprint density at radius 2 is 1.79 bits per heavy atom. The number of thiazole rings is 1. The van der Waals surface area contributed by atoms with Crippen molar-refractivity contribution in [2.75, 3.05) is 0 Å². The van der Waals surface area contributed by atoms with Gasteiger partial charge in [0.25, 0.3) is 0 Å². The fraction of sp³-hybridized carbons (Fsp3) is 0. The molecular weight excluding hydrogens is 538 g/mol. The van der Waals surface area contributed by atoms with Gasteiger partial charge in [-0.05, 0) is 59.0 Å². The molecule has 2 heterocycles. The highest BCUT2D eigenvalue weighted by Gasteiger charge is 2.14. The first-order valence-corrected chi connectivity index (χ1v) is 11.1. The van der Waals surface area contributed by atoms with Crippen LogP contribution in [0.25, 0.3) is 34.2 Å². The number of aromatic nitrogens is 1. The lowest BCUT2D eigenvalue weighted by molar-refractivity contribution is 0.572. The van der Waals surface area contributed by atoms with E-state index in [1.54, 1.807) is 36.4 Å². The maximum absolute atomic E-state index is 9.63. The number of hydrogen-bond acceptors (Lipinski definition) is 4. The number of benzene rings is 2. The maximum atomic E-state index is 9.63. The van der Waals surface area contributed by atoms with Crippen LogP contribution in [0.3, 0.4) is 0 Å². The molecule has 4 aromatic rings. The molecule has 142 valence electrons. The molecule has 0 saturated heterocycles. The van der Waals surface area contributed by atoms with Crippen LogP contribution in [0.4, 0.5) is 0 Å². The first-order valence-electron chi connectivity index (χ1n) is 8.43. The molecule has 0 radical (unpaired) electrons. The summed E-state index contributed by atoms with van der Waals surface area (Å²) in [5.41, 5.74) is 2.91. The predicted molar refractivity (Wildman–Crippen MR) is 128 cm³/mol. The van der Waals surface area contributed by atoms with Crippen LogP contribution in [0.5, 0.6) is 0 Å². The van der Waals surface area contributed by atoms with Crippen LogP contribution in [-0.4, -0.2) is 4.98 Å². The quantitative estimate of drug-likeness (QED) is 0.191. The predicted octanol–water partition coefficient (Wildman–Crippen LogP) is 8.05. The molecule has 0 N–H and O–H groups in total. The van der Waals surface area contributed by atoms with Crippen LogP contribution >= 0.6 is 57.1 Å². The summed E-state index contributed by atoms with van der Waals surface area (Å²) in [6.45, 7) is 0. The number of nitriles is 1.